The Balaban J connectivity index is 1.91. The van der Waals surface area contributed by atoms with Crippen LogP contribution in [-0.2, 0) is 17.8 Å². The van der Waals surface area contributed by atoms with Gasteiger partial charge in [0.25, 0.3) is 5.89 Å². The molecule has 0 aliphatic rings. The molecule has 5 heteroatoms. The average molecular weight is 276 g/mol. The van der Waals surface area contributed by atoms with Crippen LogP contribution in [0.2, 0.25) is 0 Å². The van der Waals surface area contributed by atoms with Crippen LogP contribution in [-0.4, -0.2) is 23.4 Å². The van der Waals surface area contributed by atoms with Crippen molar-refractivity contribution >= 4 is 0 Å². The summed E-state index contributed by atoms with van der Waals surface area (Å²) in [5, 5.41) is 3.90. The first-order valence-corrected chi connectivity index (χ1v) is 6.79. The molecule has 0 atom stereocenters. The fourth-order valence-corrected chi connectivity index (χ4v) is 1.92. The number of ether oxygens (including phenoxy) is 2. The second-order valence-corrected chi connectivity index (χ2v) is 4.56. The Hall–Kier alpha value is -1.88. The molecule has 0 bridgehead atoms. The zero-order chi connectivity index (χ0) is 14.4. The highest BCUT2D eigenvalue weighted by atomic mass is 16.5. The standard InChI is InChI=1S/C15H20N2O3/c1-4-18-9-8-13-16-14(20-17-13)10-19-15-11(2)6-5-7-12(15)3/h5-7H,4,8-10H2,1-3H3. The topological polar surface area (TPSA) is 57.4 Å². The van der Waals surface area contributed by atoms with Crippen LogP contribution in [0.15, 0.2) is 22.7 Å². The number of hydrogen-bond donors (Lipinski definition) is 0. The summed E-state index contributed by atoms with van der Waals surface area (Å²) in [5.74, 6) is 2.01. The molecule has 2 aromatic rings. The zero-order valence-electron chi connectivity index (χ0n) is 12.2. The van der Waals surface area contributed by atoms with E-state index in [1.165, 1.54) is 0 Å². The summed E-state index contributed by atoms with van der Waals surface area (Å²) < 4.78 is 16.2. The van der Waals surface area contributed by atoms with Crippen molar-refractivity contribution in [1.29, 1.82) is 0 Å². The Labute approximate surface area is 118 Å². The third-order valence-corrected chi connectivity index (χ3v) is 2.93. The Morgan fingerprint density at radius 2 is 1.95 bits per heavy atom. The van der Waals surface area contributed by atoms with E-state index < -0.39 is 0 Å². The van der Waals surface area contributed by atoms with Crippen LogP contribution in [0.3, 0.4) is 0 Å². The van der Waals surface area contributed by atoms with Gasteiger partial charge in [0.05, 0.1) is 6.61 Å². The number of aryl methyl sites for hydroxylation is 2. The number of benzene rings is 1. The minimum atomic E-state index is 0.285. The van der Waals surface area contributed by atoms with Gasteiger partial charge < -0.3 is 14.0 Å². The van der Waals surface area contributed by atoms with Gasteiger partial charge in [0.2, 0.25) is 0 Å². The van der Waals surface area contributed by atoms with Gasteiger partial charge in [0.15, 0.2) is 12.4 Å². The summed E-state index contributed by atoms with van der Waals surface area (Å²) in [6, 6.07) is 6.05. The first-order valence-electron chi connectivity index (χ1n) is 6.79. The fourth-order valence-electron chi connectivity index (χ4n) is 1.92. The predicted octanol–water partition coefficient (Wildman–Crippen LogP) is 2.84. The van der Waals surface area contributed by atoms with Gasteiger partial charge in [-0.3, -0.25) is 0 Å². The van der Waals surface area contributed by atoms with Crippen LogP contribution < -0.4 is 4.74 Å². The predicted molar refractivity (Wildman–Crippen MR) is 74.7 cm³/mol. The van der Waals surface area contributed by atoms with Gasteiger partial charge in [-0.1, -0.05) is 23.4 Å². The van der Waals surface area contributed by atoms with E-state index in [1.54, 1.807) is 0 Å². The Kier molecular flexibility index (Phi) is 5.12. The molecule has 2 rings (SSSR count). The molecule has 1 aromatic carbocycles. The van der Waals surface area contributed by atoms with Crippen molar-refractivity contribution in [2.75, 3.05) is 13.2 Å². The van der Waals surface area contributed by atoms with Crippen LogP contribution in [0.5, 0.6) is 5.75 Å². The van der Waals surface area contributed by atoms with Crippen LogP contribution in [0.25, 0.3) is 0 Å². The molecule has 0 aliphatic heterocycles. The van der Waals surface area contributed by atoms with Gasteiger partial charge in [0, 0.05) is 13.0 Å². The summed E-state index contributed by atoms with van der Waals surface area (Å²) in [5.41, 5.74) is 2.20. The largest absolute Gasteiger partial charge is 0.483 e. The van der Waals surface area contributed by atoms with Crippen molar-refractivity contribution in [3.05, 3.63) is 41.0 Å². The summed E-state index contributed by atoms with van der Waals surface area (Å²) in [6.45, 7) is 7.58. The fraction of sp³-hybridized carbons (Fsp3) is 0.467. The number of nitrogens with zero attached hydrogens (tertiary/aromatic N) is 2. The maximum atomic E-state index is 5.77. The molecule has 0 unspecified atom stereocenters. The van der Waals surface area contributed by atoms with Crippen molar-refractivity contribution in [2.45, 2.75) is 33.8 Å². The quantitative estimate of drug-likeness (QED) is 0.728. The van der Waals surface area contributed by atoms with Crippen molar-refractivity contribution in [2.24, 2.45) is 0 Å². The molecular weight excluding hydrogens is 256 g/mol. The molecule has 0 radical (unpaired) electrons. The molecule has 0 amide bonds. The van der Waals surface area contributed by atoms with Crippen LogP contribution >= 0.6 is 0 Å². The lowest BCUT2D eigenvalue weighted by atomic mass is 10.1. The van der Waals surface area contributed by atoms with Gasteiger partial charge in [-0.05, 0) is 31.9 Å². The van der Waals surface area contributed by atoms with E-state index in [0.717, 1.165) is 16.9 Å². The summed E-state index contributed by atoms with van der Waals surface area (Å²) in [4.78, 5) is 4.27. The minimum Gasteiger partial charge on any atom is -0.483 e. The second kappa shape index (κ2) is 7.05. The molecule has 1 aromatic heterocycles. The smallest absolute Gasteiger partial charge is 0.264 e. The molecule has 108 valence electrons. The zero-order valence-corrected chi connectivity index (χ0v) is 12.2. The molecule has 0 aliphatic carbocycles. The number of hydrogen-bond acceptors (Lipinski definition) is 5. The van der Waals surface area contributed by atoms with Gasteiger partial charge >= 0.3 is 0 Å². The lowest BCUT2D eigenvalue weighted by molar-refractivity contribution is 0.149. The van der Waals surface area contributed by atoms with Crippen LogP contribution in [0.4, 0.5) is 0 Å². The van der Waals surface area contributed by atoms with E-state index in [1.807, 2.05) is 39.0 Å². The third kappa shape index (κ3) is 3.81. The van der Waals surface area contributed by atoms with E-state index in [9.17, 15) is 0 Å². The first-order chi connectivity index (χ1) is 9.70. The normalized spacial score (nSPS) is 10.8. The molecule has 0 saturated carbocycles. The molecular formula is C15H20N2O3. The summed E-state index contributed by atoms with van der Waals surface area (Å²) in [6.07, 6.45) is 0.654. The molecule has 5 nitrogen and oxygen atoms in total. The number of para-hydroxylation sites is 1. The van der Waals surface area contributed by atoms with Gasteiger partial charge in [0.1, 0.15) is 5.75 Å². The third-order valence-electron chi connectivity index (χ3n) is 2.93. The van der Waals surface area contributed by atoms with Gasteiger partial charge in [-0.15, -0.1) is 0 Å². The van der Waals surface area contributed by atoms with Crippen LogP contribution in [0, 0.1) is 13.8 Å². The highest BCUT2D eigenvalue weighted by Crippen LogP contribution is 2.23. The SMILES string of the molecule is CCOCCc1noc(COc2c(C)cccc2C)n1. The maximum absolute atomic E-state index is 5.77. The Morgan fingerprint density at radius 3 is 2.65 bits per heavy atom. The first kappa shape index (κ1) is 14.5. The van der Waals surface area contributed by atoms with Crippen molar-refractivity contribution in [3.8, 4) is 5.75 Å². The second-order valence-electron chi connectivity index (χ2n) is 4.56. The number of aromatic nitrogens is 2. The maximum Gasteiger partial charge on any atom is 0.264 e. The lowest BCUT2D eigenvalue weighted by Crippen LogP contribution is -2.01. The summed E-state index contributed by atoms with van der Waals surface area (Å²) >= 11 is 0. The summed E-state index contributed by atoms with van der Waals surface area (Å²) in [7, 11) is 0. The lowest BCUT2D eigenvalue weighted by Gasteiger charge is -2.09. The number of rotatable bonds is 7. The molecule has 0 spiro atoms. The average Bonchev–Trinajstić information content (AvgIpc) is 2.86. The molecule has 0 saturated heterocycles. The molecule has 20 heavy (non-hydrogen) atoms. The highest BCUT2D eigenvalue weighted by Gasteiger charge is 2.09. The monoisotopic (exact) mass is 276 g/mol. The van der Waals surface area contributed by atoms with E-state index in [-0.39, 0.29) is 6.61 Å². The van der Waals surface area contributed by atoms with E-state index >= 15 is 0 Å². The van der Waals surface area contributed by atoms with Gasteiger partial charge in [-0.25, -0.2) is 0 Å². The van der Waals surface area contributed by atoms with Gasteiger partial charge in [-0.2, -0.15) is 4.98 Å². The molecule has 0 N–H and O–H groups in total. The van der Waals surface area contributed by atoms with Crippen molar-refractivity contribution in [3.63, 3.8) is 0 Å². The minimum absolute atomic E-state index is 0.285. The van der Waals surface area contributed by atoms with Crippen molar-refractivity contribution in [1.82, 2.24) is 10.1 Å². The van der Waals surface area contributed by atoms with E-state index in [2.05, 4.69) is 10.1 Å². The Morgan fingerprint density at radius 1 is 1.20 bits per heavy atom. The molecule has 1 heterocycles. The van der Waals surface area contributed by atoms with Crippen LogP contribution in [0.1, 0.15) is 29.8 Å². The van der Waals surface area contributed by atoms with E-state index in [4.69, 9.17) is 14.0 Å². The van der Waals surface area contributed by atoms with E-state index in [0.29, 0.717) is 31.3 Å². The highest BCUT2D eigenvalue weighted by molar-refractivity contribution is 5.39. The van der Waals surface area contributed by atoms with Crippen molar-refractivity contribution < 1.29 is 14.0 Å². The Bertz CT molecular complexity index is 532. The molecule has 0 fully saturated rings.